The van der Waals surface area contributed by atoms with E-state index in [1.54, 1.807) is 16.8 Å². The van der Waals surface area contributed by atoms with Crippen LogP contribution in [0.2, 0.25) is 5.02 Å². The molecule has 0 atom stereocenters. The lowest BCUT2D eigenvalue weighted by Crippen LogP contribution is -2.18. The van der Waals surface area contributed by atoms with Crippen molar-refractivity contribution in [3.63, 3.8) is 0 Å². The second-order valence-corrected chi connectivity index (χ2v) is 6.33. The van der Waals surface area contributed by atoms with Crippen LogP contribution in [0.25, 0.3) is 17.1 Å². The van der Waals surface area contributed by atoms with Gasteiger partial charge in [0.05, 0.1) is 10.7 Å². The number of nitrogens with zero attached hydrogens (tertiary/aromatic N) is 3. The molecule has 0 radical (unpaired) electrons. The smallest absolute Gasteiger partial charge is 0.214 e. The Morgan fingerprint density at radius 2 is 1.88 bits per heavy atom. The Kier molecular flexibility index (Phi) is 3.59. The van der Waals surface area contributed by atoms with Gasteiger partial charge in [0.25, 0.3) is 0 Å². The van der Waals surface area contributed by atoms with Crippen LogP contribution in [0.5, 0.6) is 11.5 Å². The molecule has 0 aliphatic carbocycles. The first-order valence-corrected chi connectivity index (χ1v) is 8.26. The highest BCUT2D eigenvalue weighted by Crippen LogP contribution is 2.35. The van der Waals surface area contributed by atoms with Crippen molar-refractivity contribution >= 4 is 29.1 Å². The lowest BCUT2D eigenvalue weighted by Gasteiger charge is -2.19. The first-order valence-electron chi connectivity index (χ1n) is 7.00. The molecule has 1 aliphatic rings. The predicted octanol–water partition coefficient (Wildman–Crippen LogP) is 3.66. The maximum absolute atomic E-state index is 9.69. The molecule has 2 heterocycles. The molecule has 0 fully saturated rings. The standard InChI is InChI=1S/C16H11ClN4O2S/c17-11-4-2-1-3-10(11)15-18-19-16-21(15)20-12(8-24-16)9-5-6-13(22)14(23)7-9/h1-8,20,22-23H. The minimum Gasteiger partial charge on any atom is -0.504 e. The van der Waals surface area contributed by atoms with Crippen molar-refractivity contribution in [3.05, 3.63) is 58.5 Å². The van der Waals surface area contributed by atoms with Crippen LogP contribution in [-0.2, 0) is 0 Å². The van der Waals surface area contributed by atoms with E-state index in [0.29, 0.717) is 16.0 Å². The molecule has 4 rings (SSSR count). The molecule has 8 heteroatoms. The Morgan fingerprint density at radius 1 is 1.04 bits per heavy atom. The minimum atomic E-state index is -0.180. The zero-order valence-electron chi connectivity index (χ0n) is 12.1. The van der Waals surface area contributed by atoms with Crippen LogP contribution in [0, 0.1) is 0 Å². The third-order valence-corrected chi connectivity index (χ3v) is 4.71. The van der Waals surface area contributed by atoms with Crippen molar-refractivity contribution in [1.82, 2.24) is 14.9 Å². The van der Waals surface area contributed by atoms with Gasteiger partial charge >= 0.3 is 0 Å². The van der Waals surface area contributed by atoms with E-state index in [-0.39, 0.29) is 11.5 Å². The lowest BCUT2D eigenvalue weighted by atomic mass is 10.1. The third-order valence-electron chi connectivity index (χ3n) is 3.55. The summed E-state index contributed by atoms with van der Waals surface area (Å²) in [6, 6.07) is 12.0. The van der Waals surface area contributed by atoms with Crippen molar-refractivity contribution in [3.8, 4) is 22.9 Å². The van der Waals surface area contributed by atoms with Crippen LogP contribution in [0.1, 0.15) is 5.56 Å². The van der Waals surface area contributed by atoms with Crippen LogP contribution in [0.4, 0.5) is 0 Å². The van der Waals surface area contributed by atoms with Gasteiger partial charge in [0, 0.05) is 16.5 Å². The molecule has 2 aromatic carbocycles. The molecule has 0 saturated heterocycles. The highest BCUT2D eigenvalue weighted by Gasteiger charge is 2.21. The average Bonchev–Trinajstić information content (AvgIpc) is 3.01. The van der Waals surface area contributed by atoms with Gasteiger partial charge < -0.3 is 10.2 Å². The monoisotopic (exact) mass is 358 g/mol. The van der Waals surface area contributed by atoms with Crippen LogP contribution in [0.15, 0.2) is 53.0 Å². The Balaban J connectivity index is 1.73. The molecular formula is C16H11ClN4O2S. The van der Waals surface area contributed by atoms with Gasteiger partial charge in [-0.05, 0) is 30.3 Å². The second kappa shape index (κ2) is 5.77. The Morgan fingerprint density at radius 3 is 2.67 bits per heavy atom. The first kappa shape index (κ1) is 14.9. The van der Waals surface area contributed by atoms with Crippen molar-refractivity contribution in [2.45, 2.75) is 5.16 Å². The Hall–Kier alpha value is -2.64. The van der Waals surface area contributed by atoms with Crippen LogP contribution < -0.4 is 5.43 Å². The number of rotatable bonds is 2. The van der Waals surface area contributed by atoms with Crippen molar-refractivity contribution in [2.75, 3.05) is 5.43 Å². The number of aromatic hydroxyl groups is 2. The molecule has 0 saturated carbocycles. The summed E-state index contributed by atoms with van der Waals surface area (Å²) in [7, 11) is 0. The summed E-state index contributed by atoms with van der Waals surface area (Å²) in [5, 5.41) is 30.6. The number of hydrogen-bond donors (Lipinski definition) is 3. The highest BCUT2D eigenvalue weighted by molar-refractivity contribution is 8.02. The zero-order valence-corrected chi connectivity index (χ0v) is 13.7. The molecule has 6 nitrogen and oxygen atoms in total. The number of fused-ring (bicyclic) bond motifs is 1. The van der Waals surface area contributed by atoms with E-state index < -0.39 is 0 Å². The van der Waals surface area contributed by atoms with E-state index >= 15 is 0 Å². The van der Waals surface area contributed by atoms with E-state index in [2.05, 4.69) is 15.6 Å². The normalized spacial score (nSPS) is 13.1. The molecule has 1 aliphatic heterocycles. The summed E-state index contributed by atoms with van der Waals surface area (Å²) < 4.78 is 1.74. The largest absolute Gasteiger partial charge is 0.504 e. The highest BCUT2D eigenvalue weighted by atomic mass is 35.5. The molecule has 0 amide bonds. The number of aromatic nitrogens is 3. The van der Waals surface area contributed by atoms with Crippen LogP contribution >= 0.6 is 23.4 Å². The van der Waals surface area contributed by atoms with E-state index in [1.165, 1.54) is 23.9 Å². The molecule has 24 heavy (non-hydrogen) atoms. The number of phenols is 2. The Bertz CT molecular complexity index is 970. The van der Waals surface area contributed by atoms with E-state index in [9.17, 15) is 10.2 Å². The zero-order chi connectivity index (χ0) is 16.7. The predicted molar refractivity (Wildman–Crippen MR) is 93.4 cm³/mol. The average molecular weight is 359 g/mol. The Labute approximate surface area is 146 Å². The maximum atomic E-state index is 9.69. The molecule has 3 N–H and O–H groups in total. The van der Waals surface area contributed by atoms with Gasteiger partial charge in [0.1, 0.15) is 0 Å². The van der Waals surface area contributed by atoms with Gasteiger partial charge in [-0.3, -0.25) is 5.43 Å². The van der Waals surface area contributed by atoms with Gasteiger partial charge in [-0.1, -0.05) is 35.5 Å². The number of hydrogen-bond acceptors (Lipinski definition) is 6. The first-order chi connectivity index (χ1) is 11.6. The van der Waals surface area contributed by atoms with E-state index in [0.717, 1.165) is 16.8 Å². The summed E-state index contributed by atoms with van der Waals surface area (Å²) in [5.74, 6) is 0.252. The summed E-state index contributed by atoms with van der Waals surface area (Å²) in [4.78, 5) is 0. The molecular weight excluding hydrogens is 348 g/mol. The number of phenolic OH excluding ortho intramolecular Hbond substituents is 2. The van der Waals surface area contributed by atoms with Crippen molar-refractivity contribution in [1.29, 1.82) is 0 Å². The van der Waals surface area contributed by atoms with Gasteiger partial charge in [-0.2, -0.15) is 0 Å². The summed E-state index contributed by atoms with van der Waals surface area (Å²) in [5.41, 5.74) is 5.45. The molecule has 0 spiro atoms. The van der Waals surface area contributed by atoms with E-state index in [4.69, 9.17) is 11.6 Å². The molecule has 0 bridgehead atoms. The fraction of sp³-hybridized carbons (Fsp3) is 0. The number of benzene rings is 2. The molecule has 3 aromatic rings. The second-order valence-electron chi connectivity index (χ2n) is 5.09. The van der Waals surface area contributed by atoms with Crippen LogP contribution in [0.3, 0.4) is 0 Å². The summed E-state index contributed by atoms with van der Waals surface area (Å²) in [6.07, 6.45) is 0. The lowest BCUT2D eigenvalue weighted by molar-refractivity contribution is 0.403. The van der Waals surface area contributed by atoms with Crippen LogP contribution in [-0.4, -0.2) is 25.1 Å². The van der Waals surface area contributed by atoms with Crippen molar-refractivity contribution < 1.29 is 10.2 Å². The number of nitrogens with one attached hydrogen (secondary N) is 1. The fourth-order valence-corrected chi connectivity index (χ4v) is 3.30. The van der Waals surface area contributed by atoms with Gasteiger partial charge in [0.2, 0.25) is 5.16 Å². The van der Waals surface area contributed by atoms with Gasteiger partial charge in [0.15, 0.2) is 17.3 Å². The number of thioether (sulfide) groups is 1. The summed E-state index contributed by atoms with van der Waals surface area (Å²) >= 11 is 7.66. The molecule has 1 aromatic heterocycles. The quantitative estimate of drug-likeness (QED) is 0.606. The third kappa shape index (κ3) is 2.47. The maximum Gasteiger partial charge on any atom is 0.214 e. The van der Waals surface area contributed by atoms with Gasteiger partial charge in [-0.25, -0.2) is 4.68 Å². The van der Waals surface area contributed by atoms with Crippen molar-refractivity contribution in [2.24, 2.45) is 0 Å². The van der Waals surface area contributed by atoms with E-state index in [1.807, 2.05) is 23.6 Å². The molecule has 0 unspecified atom stereocenters. The minimum absolute atomic E-state index is 0.162. The fourth-order valence-electron chi connectivity index (χ4n) is 2.35. The molecule has 120 valence electrons. The van der Waals surface area contributed by atoms with Gasteiger partial charge in [-0.15, -0.1) is 10.2 Å². The topological polar surface area (TPSA) is 83.2 Å². The SMILES string of the molecule is Oc1ccc(C2=CSc3nnc(-c4ccccc4Cl)n3N2)cc1O. The summed E-state index contributed by atoms with van der Waals surface area (Å²) in [6.45, 7) is 0. The number of halogens is 1.